The smallest absolute Gasteiger partial charge is 0.324 e. The molecule has 0 spiro atoms. The first-order valence-electron chi connectivity index (χ1n) is 5.11. The van der Waals surface area contributed by atoms with Crippen LogP contribution in [0.1, 0.15) is 22.8 Å². The van der Waals surface area contributed by atoms with Crippen LogP contribution in [0.4, 0.5) is 4.39 Å². The number of hydrogen-bond acceptors (Lipinski definition) is 3. The number of hydrogen-bond donors (Lipinski definition) is 1. The van der Waals surface area contributed by atoms with Gasteiger partial charge in [-0.15, -0.1) is 0 Å². The fourth-order valence-corrected chi connectivity index (χ4v) is 2.38. The second kappa shape index (κ2) is 5.54. The third-order valence-corrected chi connectivity index (χ3v) is 3.50. The van der Waals surface area contributed by atoms with Gasteiger partial charge in [0.1, 0.15) is 12.0 Å². The fourth-order valence-electron chi connectivity index (χ4n) is 1.34. The molecule has 17 heavy (non-hydrogen) atoms. The highest BCUT2D eigenvalue weighted by Crippen LogP contribution is 2.41. The number of carbonyl (C=O) groups is 1. The lowest BCUT2D eigenvalue weighted by Gasteiger charge is -2.10. The van der Waals surface area contributed by atoms with Gasteiger partial charge in [0.25, 0.3) is 0 Å². The highest BCUT2D eigenvalue weighted by Gasteiger charge is 2.24. The summed E-state index contributed by atoms with van der Waals surface area (Å²) in [4.78, 5) is 21.0. The Labute approximate surface area is 99.0 Å². The zero-order chi connectivity index (χ0) is 13.1. The second-order valence-corrected chi connectivity index (χ2v) is 5.45. The third-order valence-electron chi connectivity index (χ3n) is 2.15. The molecule has 0 aromatic heterocycles. The molecule has 4 nitrogen and oxygen atoms in total. The summed E-state index contributed by atoms with van der Waals surface area (Å²) in [7, 11) is -3.88. The van der Waals surface area contributed by atoms with E-state index in [1.807, 2.05) is 0 Å². The number of benzene rings is 1. The highest BCUT2D eigenvalue weighted by molar-refractivity contribution is 7.53. The van der Waals surface area contributed by atoms with Crippen molar-refractivity contribution < 1.29 is 23.2 Å². The number of carbonyl (C=O) groups excluding carboxylic acids is 1. The molecule has 0 aliphatic heterocycles. The first kappa shape index (κ1) is 14.0. The third kappa shape index (κ3) is 4.04. The summed E-state index contributed by atoms with van der Waals surface area (Å²) >= 11 is 0. The SMILES string of the molecule is CCOP(=O)(O)CC(=O)c1ccc(F)c(C)c1. The van der Waals surface area contributed by atoms with E-state index in [9.17, 15) is 18.6 Å². The Bertz CT molecular complexity index is 473. The van der Waals surface area contributed by atoms with E-state index in [0.717, 1.165) is 6.07 Å². The van der Waals surface area contributed by atoms with Crippen LogP contribution < -0.4 is 0 Å². The molecule has 6 heteroatoms. The van der Waals surface area contributed by atoms with E-state index < -0.39 is 25.4 Å². The standard InChI is InChI=1S/C11H14FO4P/c1-3-16-17(14,15)7-11(13)9-4-5-10(12)8(2)6-9/h4-6H,3,7H2,1-2H3,(H,14,15). The van der Waals surface area contributed by atoms with Crippen LogP contribution in [0.5, 0.6) is 0 Å². The quantitative estimate of drug-likeness (QED) is 0.652. The number of Topliss-reactive ketones (excluding diaryl/α,β-unsaturated/α-hetero) is 1. The van der Waals surface area contributed by atoms with E-state index in [1.165, 1.54) is 19.1 Å². The van der Waals surface area contributed by atoms with Crippen LogP contribution in [0.3, 0.4) is 0 Å². The van der Waals surface area contributed by atoms with Crippen molar-refractivity contribution in [1.29, 1.82) is 0 Å². The van der Waals surface area contributed by atoms with E-state index in [2.05, 4.69) is 4.52 Å². The molecule has 1 atom stereocenters. The van der Waals surface area contributed by atoms with Crippen LogP contribution in [0.15, 0.2) is 18.2 Å². The second-order valence-electron chi connectivity index (χ2n) is 3.60. The Morgan fingerprint density at radius 3 is 2.71 bits per heavy atom. The van der Waals surface area contributed by atoms with Gasteiger partial charge in [-0.25, -0.2) is 4.39 Å². The van der Waals surface area contributed by atoms with Crippen LogP contribution in [-0.2, 0) is 9.09 Å². The molecule has 0 bridgehead atoms. The number of halogens is 1. The van der Waals surface area contributed by atoms with Gasteiger partial charge in [0.2, 0.25) is 0 Å². The van der Waals surface area contributed by atoms with Crippen molar-refractivity contribution >= 4 is 13.4 Å². The van der Waals surface area contributed by atoms with Gasteiger partial charge in [-0.05, 0) is 37.6 Å². The van der Waals surface area contributed by atoms with Crippen molar-refractivity contribution in [2.24, 2.45) is 0 Å². The summed E-state index contributed by atoms with van der Waals surface area (Å²) in [5.41, 5.74) is 0.526. The molecule has 0 aliphatic rings. The van der Waals surface area contributed by atoms with Crippen LogP contribution in [0.2, 0.25) is 0 Å². The molecule has 0 heterocycles. The predicted octanol–water partition coefficient (Wildman–Crippen LogP) is 2.54. The van der Waals surface area contributed by atoms with Crippen molar-refractivity contribution in [2.75, 3.05) is 12.8 Å². The average Bonchev–Trinajstić information content (AvgIpc) is 2.21. The lowest BCUT2D eigenvalue weighted by molar-refractivity contribution is 0.101. The first-order valence-corrected chi connectivity index (χ1v) is 6.87. The highest BCUT2D eigenvalue weighted by atomic mass is 31.2. The van der Waals surface area contributed by atoms with Crippen LogP contribution in [0.25, 0.3) is 0 Å². The molecule has 0 aliphatic carbocycles. The number of aryl methyl sites for hydroxylation is 1. The summed E-state index contributed by atoms with van der Waals surface area (Å²) in [6, 6.07) is 3.80. The fraction of sp³-hybridized carbons (Fsp3) is 0.364. The maximum Gasteiger partial charge on any atom is 0.335 e. The number of ketones is 1. The van der Waals surface area contributed by atoms with Gasteiger partial charge >= 0.3 is 7.60 Å². The molecule has 1 unspecified atom stereocenters. The van der Waals surface area contributed by atoms with Gasteiger partial charge in [0.05, 0.1) is 6.61 Å². The molecule has 0 saturated heterocycles. The lowest BCUT2D eigenvalue weighted by Crippen LogP contribution is -2.08. The Hall–Kier alpha value is -1.03. The van der Waals surface area contributed by atoms with Gasteiger partial charge in [-0.1, -0.05) is 0 Å². The van der Waals surface area contributed by atoms with Crippen molar-refractivity contribution in [2.45, 2.75) is 13.8 Å². The molecule has 0 radical (unpaired) electrons. The monoisotopic (exact) mass is 260 g/mol. The molecular formula is C11H14FO4P. The molecular weight excluding hydrogens is 246 g/mol. The van der Waals surface area contributed by atoms with E-state index in [1.54, 1.807) is 6.92 Å². The minimum absolute atomic E-state index is 0.0590. The Morgan fingerprint density at radius 2 is 2.18 bits per heavy atom. The minimum atomic E-state index is -3.88. The Balaban J connectivity index is 2.83. The number of rotatable bonds is 5. The van der Waals surface area contributed by atoms with Crippen LogP contribution in [-0.4, -0.2) is 23.4 Å². The maximum absolute atomic E-state index is 13.0. The summed E-state index contributed by atoms with van der Waals surface area (Å²) in [5.74, 6) is -0.953. The Kier molecular flexibility index (Phi) is 4.57. The first-order chi connectivity index (χ1) is 7.85. The molecule has 94 valence electrons. The summed E-state index contributed by atoms with van der Waals surface area (Å²) in [6.45, 7) is 3.14. The molecule has 0 fully saturated rings. The summed E-state index contributed by atoms with van der Waals surface area (Å²) in [5, 5.41) is 0. The molecule has 1 aromatic rings. The van der Waals surface area contributed by atoms with Crippen LogP contribution >= 0.6 is 7.60 Å². The van der Waals surface area contributed by atoms with Gasteiger partial charge < -0.3 is 9.42 Å². The van der Waals surface area contributed by atoms with Crippen molar-refractivity contribution in [3.05, 3.63) is 35.1 Å². The largest absolute Gasteiger partial charge is 0.335 e. The molecule has 1 rings (SSSR count). The van der Waals surface area contributed by atoms with Crippen molar-refractivity contribution in [3.8, 4) is 0 Å². The van der Waals surface area contributed by atoms with Gasteiger partial charge in [-0.2, -0.15) is 0 Å². The van der Waals surface area contributed by atoms with Crippen molar-refractivity contribution in [3.63, 3.8) is 0 Å². The topological polar surface area (TPSA) is 63.6 Å². The van der Waals surface area contributed by atoms with Gasteiger partial charge in [0.15, 0.2) is 5.78 Å². The maximum atomic E-state index is 13.0. The molecule has 0 saturated carbocycles. The predicted molar refractivity (Wildman–Crippen MR) is 61.8 cm³/mol. The van der Waals surface area contributed by atoms with Gasteiger partial charge in [-0.3, -0.25) is 9.36 Å². The molecule has 0 amide bonds. The van der Waals surface area contributed by atoms with Crippen LogP contribution in [0, 0.1) is 12.7 Å². The molecule has 1 aromatic carbocycles. The Morgan fingerprint density at radius 1 is 1.53 bits per heavy atom. The van der Waals surface area contributed by atoms with Crippen molar-refractivity contribution in [1.82, 2.24) is 0 Å². The normalized spacial score (nSPS) is 14.4. The summed E-state index contributed by atoms with van der Waals surface area (Å²) in [6.07, 6.45) is -0.591. The average molecular weight is 260 g/mol. The zero-order valence-electron chi connectivity index (χ0n) is 9.64. The molecule has 1 N–H and O–H groups in total. The van der Waals surface area contributed by atoms with Gasteiger partial charge in [0, 0.05) is 5.56 Å². The van der Waals surface area contributed by atoms with E-state index in [0.29, 0.717) is 5.56 Å². The lowest BCUT2D eigenvalue weighted by atomic mass is 10.1. The van der Waals surface area contributed by atoms with E-state index in [4.69, 9.17) is 0 Å². The van der Waals surface area contributed by atoms with E-state index >= 15 is 0 Å². The van der Waals surface area contributed by atoms with E-state index in [-0.39, 0.29) is 12.2 Å². The zero-order valence-corrected chi connectivity index (χ0v) is 10.5. The minimum Gasteiger partial charge on any atom is -0.324 e. The summed E-state index contributed by atoms with van der Waals surface area (Å²) < 4.78 is 29.0.